The Morgan fingerprint density at radius 2 is 1.81 bits per heavy atom. The Kier molecular flexibility index (Phi) is 6.89. The van der Waals surface area contributed by atoms with Crippen molar-refractivity contribution in [1.29, 1.82) is 0 Å². The number of thioether (sulfide) groups is 1. The average Bonchev–Trinajstić information content (AvgIpc) is 3.23. The quantitative estimate of drug-likeness (QED) is 0.565. The van der Waals surface area contributed by atoms with Gasteiger partial charge in [-0.3, -0.25) is 4.79 Å². The fraction of sp³-hybridized carbons (Fsp3) is 0.348. The molecule has 1 aromatic heterocycles. The SMILES string of the molecule is CCn1c(S[C@@H](C)C(=O)Nc2ccc(N3CCOCC3)cc2)nnc1-c1ccccc1. The molecule has 1 fully saturated rings. The lowest BCUT2D eigenvalue weighted by molar-refractivity contribution is -0.115. The third kappa shape index (κ3) is 5.08. The summed E-state index contributed by atoms with van der Waals surface area (Å²) in [5.41, 5.74) is 2.95. The van der Waals surface area contributed by atoms with Crippen molar-refractivity contribution in [2.24, 2.45) is 0 Å². The van der Waals surface area contributed by atoms with Gasteiger partial charge in [0.25, 0.3) is 0 Å². The number of rotatable bonds is 7. The Morgan fingerprint density at radius 1 is 1.10 bits per heavy atom. The van der Waals surface area contributed by atoms with Crippen LogP contribution >= 0.6 is 11.8 Å². The summed E-state index contributed by atoms with van der Waals surface area (Å²) in [5, 5.41) is 12.1. The van der Waals surface area contributed by atoms with Crippen LogP contribution in [0.5, 0.6) is 0 Å². The number of benzene rings is 2. The van der Waals surface area contributed by atoms with Gasteiger partial charge >= 0.3 is 0 Å². The highest BCUT2D eigenvalue weighted by molar-refractivity contribution is 8.00. The van der Waals surface area contributed by atoms with Crippen LogP contribution in [0.1, 0.15) is 13.8 Å². The number of hydrogen-bond acceptors (Lipinski definition) is 6. The fourth-order valence-corrected chi connectivity index (χ4v) is 4.41. The molecule has 8 heteroatoms. The van der Waals surface area contributed by atoms with Gasteiger partial charge < -0.3 is 19.5 Å². The minimum atomic E-state index is -0.308. The number of nitrogens with zero attached hydrogens (tertiary/aromatic N) is 4. The second-order valence-corrected chi connectivity index (χ2v) is 8.62. The molecule has 0 saturated carbocycles. The van der Waals surface area contributed by atoms with Crippen LogP contribution in [0.15, 0.2) is 59.8 Å². The standard InChI is InChI=1S/C23H27N5O2S/c1-3-28-21(18-7-5-4-6-8-18)25-26-23(28)31-17(2)22(29)24-19-9-11-20(12-10-19)27-13-15-30-16-14-27/h4-12,17H,3,13-16H2,1-2H3,(H,24,29)/t17-/m0/s1. The Morgan fingerprint density at radius 3 is 2.48 bits per heavy atom. The lowest BCUT2D eigenvalue weighted by Crippen LogP contribution is -2.36. The van der Waals surface area contributed by atoms with E-state index in [1.54, 1.807) is 0 Å². The molecule has 2 aromatic carbocycles. The van der Waals surface area contributed by atoms with Crippen LogP contribution in [0.2, 0.25) is 0 Å². The Hall–Kier alpha value is -2.84. The highest BCUT2D eigenvalue weighted by Crippen LogP contribution is 2.27. The molecule has 2 heterocycles. The normalized spacial score (nSPS) is 15.0. The van der Waals surface area contributed by atoms with E-state index in [2.05, 4.69) is 27.3 Å². The molecular formula is C23H27N5O2S. The van der Waals surface area contributed by atoms with Gasteiger partial charge in [0.1, 0.15) is 0 Å². The first-order valence-electron chi connectivity index (χ1n) is 10.5. The van der Waals surface area contributed by atoms with E-state index in [1.165, 1.54) is 11.8 Å². The van der Waals surface area contributed by atoms with Crippen molar-refractivity contribution in [3.8, 4) is 11.4 Å². The van der Waals surface area contributed by atoms with Gasteiger partial charge in [0.2, 0.25) is 5.91 Å². The van der Waals surface area contributed by atoms with Gasteiger partial charge in [0.15, 0.2) is 11.0 Å². The van der Waals surface area contributed by atoms with Crippen molar-refractivity contribution >= 4 is 29.0 Å². The molecule has 31 heavy (non-hydrogen) atoms. The van der Waals surface area contributed by atoms with Gasteiger partial charge in [-0.1, -0.05) is 42.1 Å². The van der Waals surface area contributed by atoms with Crippen LogP contribution < -0.4 is 10.2 Å². The van der Waals surface area contributed by atoms with Crippen LogP contribution in [0.25, 0.3) is 11.4 Å². The number of ether oxygens (including phenoxy) is 1. The van der Waals surface area contributed by atoms with Gasteiger partial charge in [-0.2, -0.15) is 0 Å². The molecule has 7 nitrogen and oxygen atoms in total. The maximum atomic E-state index is 12.8. The van der Waals surface area contributed by atoms with Crippen LogP contribution in [-0.2, 0) is 16.1 Å². The number of nitrogens with one attached hydrogen (secondary N) is 1. The summed E-state index contributed by atoms with van der Waals surface area (Å²) in [7, 11) is 0. The minimum absolute atomic E-state index is 0.0592. The summed E-state index contributed by atoms with van der Waals surface area (Å²) in [6.45, 7) is 7.96. The molecule has 3 aromatic rings. The Labute approximate surface area is 186 Å². The summed E-state index contributed by atoms with van der Waals surface area (Å²) >= 11 is 1.42. The van der Waals surface area contributed by atoms with Gasteiger partial charge in [0.05, 0.1) is 18.5 Å². The largest absolute Gasteiger partial charge is 0.378 e. The van der Waals surface area contributed by atoms with E-state index in [9.17, 15) is 4.79 Å². The van der Waals surface area contributed by atoms with Gasteiger partial charge in [0, 0.05) is 36.6 Å². The molecule has 0 radical (unpaired) electrons. The van der Waals surface area contributed by atoms with Crippen LogP contribution in [0.3, 0.4) is 0 Å². The van der Waals surface area contributed by atoms with E-state index in [0.717, 1.165) is 60.8 Å². The molecule has 1 saturated heterocycles. The van der Waals surface area contributed by atoms with Crippen molar-refractivity contribution in [2.75, 3.05) is 36.5 Å². The number of hydrogen-bond donors (Lipinski definition) is 1. The van der Waals surface area contributed by atoms with Gasteiger partial charge in [-0.25, -0.2) is 0 Å². The highest BCUT2D eigenvalue weighted by Gasteiger charge is 2.20. The summed E-state index contributed by atoms with van der Waals surface area (Å²) in [4.78, 5) is 15.1. The molecular weight excluding hydrogens is 410 g/mol. The number of carbonyl (C=O) groups excluding carboxylic acids is 1. The van der Waals surface area contributed by atoms with E-state index in [0.29, 0.717) is 0 Å². The first kappa shape index (κ1) is 21.4. The van der Waals surface area contributed by atoms with Crippen LogP contribution in [0, 0.1) is 0 Å². The van der Waals surface area contributed by atoms with Crippen LogP contribution in [-0.4, -0.2) is 52.2 Å². The summed E-state index contributed by atoms with van der Waals surface area (Å²) in [6.07, 6.45) is 0. The predicted octanol–water partition coefficient (Wildman–Crippen LogP) is 3.92. The van der Waals surface area contributed by atoms with Gasteiger partial charge in [-0.15, -0.1) is 10.2 Å². The molecule has 4 rings (SSSR count). The minimum Gasteiger partial charge on any atom is -0.378 e. The topological polar surface area (TPSA) is 72.3 Å². The first-order chi connectivity index (χ1) is 15.2. The summed E-state index contributed by atoms with van der Waals surface area (Å²) in [5.74, 6) is 0.757. The maximum Gasteiger partial charge on any atom is 0.237 e. The summed E-state index contributed by atoms with van der Waals surface area (Å²) < 4.78 is 7.45. The number of aromatic nitrogens is 3. The Bertz CT molecular complexity index is 1000. The van der Waals surface area contributed by atoms with Crippen molar-refractivity contribution in [1.82, 2.24) is 14.8 Å². The highest BCUT2D eigenvalue weighted by atomic mass is 32.2. The molecule has 0 unspecified atom stereocenters. The second-order valence-electron chi connectivity index (χ2n) is 7.31. The predicted molar refractivity (Wildman–Crippen MR) is 125 cm³/mol. The van der Waals surface area contributed by atoms with Crippen molar-refractivity contribution in [2.45, 2.75) is 30.8 Å². The Balaban J connectivity index is 1.39. The van der Waals surface area contributed by atoms with Crippen molar-refractivity contribution < 1.29 is 9.53 Å². The molecule has 1 N–H and O–H groups in total. The zero-order chi connectivity index (χ0) is 21.6. The molecule has 1 amide bonds. The number of carbonyl (C=O) groups is 1. The zero-order valence-electron chi connectivity index (χ0n) is 17.8. The molecule has 0 aliphatic carbocycles. The third-order valence-corrected chi connectivity index (χ3v) is 6.31. The number of anilines is 2. The van der Waals surface area contributed by atoms with Gasteiger partial charge in [-0.05, 0) is 38.1 Å². The molecule has 162 valence electrons. The first-order valence-corrected chi connectivity index (χ1v) is 11.4. The van der Waals surface area contributed by atoms with Crippen molar-refractivity contribution in [3.05, 3.63) is 54.6 Å². The lowest BCUT2D eigenvalue weighted by Gasteiger charge is -2.28. The molecule has 1 atom stereocenters. The second kappa shape index (κ2) is 9.98. The average molecular weight is 438 g/mol. The van der Waals surface area contributed by atoms with E-state index in [-0.39, 0.29) is 11.2 Å². The van der Waals surface area contributed by atoms with E-state index in [4.69, 9.17) is 4.74 Å². The molecule has 1 aliphatic heterocycles. The van der Waals surface area contributed by atoms with Crippen molar-refractivity contribution in [3.63, 3.8) is 0 Å². The molecule has 1 aliphatic rings. The number of amides is 1. The van der Waals surface area contributed by atoms with E-state index < -0.39 is 0 Å². The number of morpholine rings is 1. The monoisotopic (exact) mass is 437 g/mol. The zero-order valence-corrected chi connectivity index (χ0v) is 18.6. The molecule has 0 spiro atoms. The lowest BCUT2D eigenvalue weighted by atomic mass is 10.2. The molecule has 0 bridgehead atoms. The third-order valence-electron chi connectivity index (χ3n) is 5.23. The fourth-order valence-electron chi connectivity index (χ4n) is 3.49. The maximum absolute atomic E-state index is 12.8. The van der Waals surface area contributed by atoms with Crippen LogP contribution in [0.4, 0.5) is 11.4 Å². The van der Waals surface area contributed by atoms with E-state index in [1.807, 2.05) is 66.1 Å². The smallest absolute Gasteiger partial charge is 0.237 e. The van der Waals surface area contributed by atoms with E-state index >= 15 is 0 Å². The summed E-state index contributed by atoms with van der Waals surface area (Å²) in [6, 6.07) is 17.9.